The fraction of sp³-hybridized carbons (Fsp3) is 0.714. The van der Waals surface area contributed by atoms with Gasteiger partial charge in [-0.25, -0.2) is 9.97 Å². The van der Waals surface area contributed by atoms with Gasteiger partial charge < -0.3 is 10.1 Å². The second kappa shape index (κ2) is 6.81. The molecular weight excluding hydrogens is 226 g/mol. The minimum absolute atomic E-state index is 0.323. The molecule has 0 bridgehead atoms. The summed E-state index contributed by atoms with van der Waals surface area (Å²) >= 11 is 0. The molecule has 1 fully saturated rings. The van der Waals surface area contributed by atoms with Gasteiger partial charge in [0.05, 0.1) is 11.8 Å². The third-order valence-corrected chi connectivity index (χ3v) is 3.06. The first-order chi connectivity index (χ1) is 8.74. The van der Waals surface area contributed by atoms with Crippen LogP contribution >= 0.6 is 0 Å². The van der Waals surface area contributed by atoms with E-state index in [1.165, 1.54) is 6.42 Å². The van der Waals surface area contributed by atoms with Gasteiger partial charge in [-0.3, -0.25) is 0 Å². The van der Waals surface area contributed by atoms with Crippen LogP contribution in [-0.4, -0.2) is 29.2 Å². The van der Waals surface area contributed by atoms with Gasteiger partial charge in [-0.2, -0.15) is 0 Å². The molecule has 1 aromatic rings. The zero-order chi connectivity index (χ0) is 12.8. The molecule has 1 aliphatic rings. The molecule has 1 N–H and O–H groups in total. The molecule has 4 nitrogen and oxygen atoms in total. The van der Waals surface area contributed by atoms with E-state index in [1.807, 2.05) is 12.3 Å². The van der Waals surface area contributed by atoms with Crippen molar-refractivity contribution in [3.63, 3.8) is 0 Å². The van der Waals surface area contributed by atoms with Crippen LogP contribution in [0.15, 0.2) is 12.3 Å². The Hall–Kier alpha value is -1.00. The third kappa shape index (κ3) is 4.35. The summed E-state index contributed by atoms with van der Waals surface area (Å²) in [5.74, 6) is 1.57. The van der Waals surface area contributed by atoms with Crippen molar-refractivity contribution < 1.29 is 4.74 Å². The molecule has 18 heavy (non-hydrogen) atoms. The first-order valence-corrected chi connectivity index (χ1v) is 6.87. The normalized spacial score (nSPS) is 19.6. The van der Waals surface area contributed by atoms with Crippen LogP contribution in [-0.2, 0) is 17.7 Å². The monoisotopic (exact) mass is 249 g/mol. The summed E-state index contributed by atoms with van der Waals surface area (Å²) in [6, 6.07) is 1.98. The summed E-state index contributed by atoms with van der Waals surface area (Å²) in [7, 11) is 0. The van der Waals surface area contributed by atoms with Gasteiger partial charge >= 0.3 is 0 Å². The lowest BCUT2D eigenvalue weighted by molar-refractivity contribution is 0.110. The maximum atomic E-state index is 5.61. The van der Waals surface area contributed by atoms with Crippen molar-refractivity contribution in [1.82, 2.24) is 15.3 Å². The molecular formula is C14H23N3O. The van der Waals surface area contributed by atoms with Gasteiger partial charge in [-0.15, -0.1) is 0 Å². The van der Waals surface area contributed by atoms with E-state index in [0.29, 0.717) is 12.0 Å². The quantitative estimate of drug-likeness (QED) is 0.837. The zero-order valence-corrected chi connectivity index (χ0v) is 11.4. The first kappa shape index (κ1) is 13.4. The van der Waals surface area contributed by atoms with Crippen molar-refractivity contribution in [2.45, 2.75) is 45.8 Å². The number of aromatic nitrogens is 2. The Bertz CT molecular complexity index is 362. The van der Waals surface area contributed by atoms with Crippen LogP contribution in [0.4, 0.5) is 0 Å². The molecule has 2 rings (SSSR count). The molecule has 1 saturated heterocycles. The fourth-order valence-corrected chi connectivity index (χ4v) is 2.14. The van der Waals surface area contributed by atoms with Crippen molar-refractivity contribution in [2.24, 2.45) is 5.92 Å². The zero-order valence-electron chi connectivity index (χ0n) is 11.4. The Morgan fingerprint density at radius 1 is 1.50 bits per heavy atom. The summed E-state index contributed by atoms with van der Waals surface area (Å²) in [5, 5.41) is 3.40. The van der Waals surface area contributed by atoms with Crippen molar-refractivity contribution in [2.75, 3.05) is 13.2 Å². The Balaban J connectivity index is 1.84. The van der Waals surface area contributed by atoms with E-state index in [2.05, 4.69) is 29.1 Å². The van der Waals surface area contributed by atoms with Crippen LogP contribution < -0.4 is 5.32 Å². The standard InChI is InChI=1S/C14H23N3O/c1-11(2)9-15-10-12-5-6-16-14(17-12)8-13-4-3-7-18-13/h5-6,11,13,15H,3-4,7-10H2,1-2H3. The molecule has 0 radical (unpaired) electrons. The summed E-state index contributed by atoms with van der Waals surface area (Å²) in [5.41, 5.74) is 1.07. The van der Waals surface area contributed by atoms with E-state index < -0.39 is 0 Å². The van der Waals surface area contributed by atoms with E-state index >= 15 is 0 Å². The number of hydrogen-bond acceptors (Lipinski definition) is 4. The smallest absolute Gasteiger partial charge is 0.131 e. The average Bonchev–Trinajstić information content (AvgIpc) is 2.82. The number of hydrogen-bond donors (Lipinski definition) is 1. The van der Waals surface area contributed by atoms with Crippen LogP contribution in [0.3, 0.4) is 0 Å². The summed E-state index contributed by atoms with van der Waals surface area (Å²) in [6.45, 7) is 7.14. The van der Waals surface area contributed by atoms with Crippen LogP contribution in [0.2, 0.25) is 0 Å². The topological polar surface area (TPSA) is 47.0 Å². The number of ether oxygens (including phenoxy) is 1. The Morgan fingerprint density at radius 3 is 3.11 bits per heavy atom. The van der Waals surface area contributed by atoms with Gasteiger partial charge in [0.25, 0.3) is 0 Å². The van der Waals surface area contributed by atoms with Gasteiger partial charge in [0, 0.05) is 25.8 Å². The van der Waals surface area contributed by atoms with Gasteiger partial charge in [0.15, 0.2) is 0 Å². The summed E-state index contributed by atoms with van der Waals surface area (Å²) in [4.78, 5) is 8.91. The van der Waals surface area contributed by atoms with Crippen LogP contribution in [0.25, 0.3) is 0 Å². The van der Waals surface area contributed by atoms with Gasteiger partial charge in [-0.05, 0) is 31.4 Å². The SMILES string of the molecule is CC(C)CNCc1ccnc(CC2CCCO2)n1. The van der Waals surface area contributed by atoms with Crippen LogP contribution in [0.5, 0.6) is 0 Å². The molecule has 4 heteroatoms. The summed E-state index contributed by atoms with van der Waals surface area (Å²) in [6.07, 6.45) is 5.32. The van der Waals surface area contributed by atoms with Gasteiger partial charge in [0.1, 0.15) is 5.82 Å². The largest absolute Gasteiger partial charge is 0.378 e. The van der Waals surface area contributed by atoms with E-state index in [9.17, 15) is 0 Å². The molecule has 1 aliphatic heterocycles. The average molecular weight is 249 g/mol. The van der Waals surface area contributed by atoms with E-state index in [1.54, 1.807) is 0 Å². The maximum absolute atomic E-state index is 5.61. The highest BCUT2D eigenvalue weighted by molar-refractivity contribution is 5.03. The Kier molecular flexibility index (Phi) is 5.08. The van der Waals surface area contributed by atoms with Crippen LogP contribution in [0, 0.1) is 5.92 Å². The minimum Gasteiger partial charge on any atom is -0.378 e. The third-order valence-electron chi connectivity index (χ3n) is 3.06. The van der Waals surface area contributed by atoms with Gasteiger partial charge in [0.2, 0.25) is 0 Å². The molecule has 0 spiro atoms. The molecule has 1 unspecified atom stereocenters. The van der Waals surface area contributed by atoms with Crippen LogP contribution in [0.1, 0.15) is 38.2 Å². The molecule has 0 aliphatic carbocycles. The number of rotatable bonds is 6. The lowest BCUT2D eigenvalue weighted by atomic mass is 10.2. The molecule has 0 amide bonds. The first-order valence-electron chi connectivity index (χ1n) is 6.87. The highest BCUT2D eigenvalue weighted by Crippen LogP contribution is 2.15. The van der Waals surface area contributed by atoms with Gasteiger partial charge in [-0.1, -0.05) is 13.8 Å². The maximum Gasteiger partial charge on any atom is 0.131 e. The molecule has 0 saturated carbocycles. The Labute approximate surface area is 109 Å². The minimum atomic E-state index is 0.323. The van der Waals surface area contributed by atoms with E-state index in [0.717, 1.165) is 44.1 Å². The van der Waals surface area contributed by atoms with E-state index in [-0.39, 0.29) is 0 Å². The van der Waals surface area contributed by atoms with Crippen molar-refractivity contribution in [1.29, 1.82) is 0 Å². The predicted octanol–water partition coefficient (Wildman–Crippen LogP) is 1.94. The highest BCUT2D eigenvalue weighted by Gasteiger charge is 2.17. The molecule has 1 aromatic heterocycles. The second-order valence-corrected chi connectivity index (χ2v) is 5.33. The second-order valence-electron chi connectivity index (χ2n) is 5.33. The molecule has 2 heterocycles. The number of nitrogens with zero attached hydrogens (tertiary/aromatic N) is 2. The molecule has 100 valence electrons. The summed E-state index contributed by atoms with van der Waals surface area (Å²) < 4.78 is 5.61. The van der Waals surface area contributed by atoms with E-state index in [4.69, 9.17) is 4.74 Å². The Morgan fingerprint density at radius 2 is 2.39 bits per heavy atom. The highest BCUT2D eigenvalue weighted by atomic mass is 16.5. The van der Waals surface area contributed by atoms with Crippen molar-refractivity contribution in [3.05, 3.63) is 23.8 Å². The molecule has 1 atom stereocenters. The van der Waals surface area contributed by atoms with Crippen molar-refractivity contribution >= 4 is 0 Å². The predicted molar refractivity (Wildman–Crippen MR) is 71.3 cm³/mol. The lowest BCUT2D eigenvalue weighted by Crippen LogP contribution is -2.20. The number of nitrogens with one attached hydrogen (secondary N) is 1. The molecule has 0 aromatic carbocycles. The fourth-order valence-electron chi connectivity index (χ4n) is 2.14. The van der Waals surface area contributed by atoms with Crippen molar-refractivity contribution in [3.8, 4) is 0 Å². The lowest BCUT2D eigenvalue weighted by Gasteiger charge is -2.10.